The summed E-state index contributed by atoms with van der Waals surface area (Å²) in [5.74, 6) is 0.677. The van der Waals surface area contributed by atoms with Crippen molar-refractivity contribution in [2.24, 2.45) is 0 Å². The van der Waals surface area contributed by atoms with Gasteiger partial charge < -0.3 is 14.8 Å². The summed E-state index contributed by atoms with van der Waals surface area (Å²) in [4.78, 5) is 11.6. The Labute approximate surface area is 114 Å². The first kappa shape index (κ1) is 15.2. The lowest BCUT2D eigenvalue weighted by Crippen LogP contribution is -2.22. The van der Waals surface area contributed by atoms with E-state index in [-0.39, 0.29) is 5.91 Å². The van der Waals surface area contributed by atoms with Crippen molar-refractivity contribution >= 4 is 12.0 Å². The van der Waals surface area contributed by atoms with Gasteiger partial charge in [-0.2, -0.15) is 0 Å². The molecule has 4 nitrogen and oxygen atoms in total. The Morgan fingerprint density at radius 3 is 2.89 bits per heavy atom. The predicted octanol–water partition coefficient (Wildman–Crippen LogP) is 2.25. The monoisotopic (exact) mass is 263 g/mol. The molecule has 1 amide bonds. The van der Waals surface area contributed by atoms with E-state index < -0.39 is 0 Å². The molecule has 0 aliphatic rings. The predicted molar refractivity (Wildman–Crippen MR) is 76.1 cm³/mol. The zero-order valence-electron chi connectivity index (χ0n) is 11.5. The van der Waals surface area contributed by atoms with Crippen molar-refractivity contribution < 1.29 is 14.3 Å². The second kappa shape index (κ2) is 9.16. The third kappa shape index (κ3) is 6.06. The number of benzene rings is 1. The third-order valence-electron chi connectivity index (χ3n) is 2.46. The molecule has 0 spiro atoms. The van der Waals surface area contributed by atoms with Crippen molar-refractivity contribution in [3.05, 3.63) is 35.9 Å². The van der Waals surface area contributed by atoms with E-state index in [4.69, 9.17) is 9.47 Å². The zero-order valence-corrected chi connectivity index (χ0v) is 11.5. The third-order valence-corrected chi connectivity index (χ3v) is 2.46. The fraction of sp³-hybridized carbons (Fsp3) is 0.400. The summed E-state index contributed by atoms with van der Waals surface area (Å²) in [6.45, 7) is 3.80. The standard InChI is InChI=1S/C15H21NO3/c1-3-19-14-8-5-4-7-13(14)9-10-15(17)16-11-6-12-18-2/h4-5,7-10H,3,6,11-12H2,1-2H3,(H,16,17)/b10-9+. The summed E-state index contributed by atoms with van der Waals surface area (Å²) in [5, 5.41) is 2.79. The highest BCUT2D eigenvalue weighted by Gasteiger charge is 1.99. The van der Waals surface area contributed by atoms with Gasteiger partial charge in [-0.1, -0.05) is 18.2 Å². The minimum atomic E-state index is -0.109. The van der Waals surface area contributed by atoms with Crippen LogP contribution in [-0.2, 0) is 9.53 Å². The molecular formula is C15H21NO3. The Balaban J connectivity index is 2.49. The Hall–Kier alpha value is -1.81. The maximum Gasteiger partial charge on any atom is 0.244 e. The fourth-order valence-corrected chi connectivity index (χ4v) is 1.56. The van der Waals surface area contributed by atoms with Gasteiger partial charge in [0.15, 0.2) is 0 Å². The van der Waals surface area contributed by atoms with Crippen LogP contribution in [-0.4, -0.2) is 32.8 Å². The van der Waals surface area contributed by atoms with Crippen LogP contribution >= 0.6 is 0 Å². The summed E-state index contributed by atoms with van der Waals surface area (Å²) in [5.41, 5.74) is 0.899. The van der Waals surface area contributed by atoms with Gasteiger partial charge >= 0.3 is 0 Å². The molecule has 0 aliphatic carbocycles. The van der Waals surface area contributed by atoms with E-state index in [1.165, 1.54) is 6.08 Å². The zero-order chi connectivity index (χ0) is 13.9. The lowest BCUT2D eigenvalue weighted by molar-refractivity contribution is -0.116. The van der Waals surface area contributed by atoms with E-state index in [2.05, 4.69) is 5.32 Å². The lowest BCUT2D eigenvalue weighted by atomic mass is 10.2. The molecule has 0 saturated heterocycles. The summed E-state index contributed by atoms with van der Waals surface area (Å²) in [7, 11) is 1.65. The second-order valence-electron chi connectivity index (χ2n) is 3.94. The van der Waals surface area contributed by atoms with E-state index in [0.717, 1.165) is 17.7 Å². The molecule has 0 radical (unpaired) electrons. The van der Waals surface area contributed by atoms with E-state index in [9.17, 15) is 4.79 Å². The van der Waals surface area contributed by atoms with Crippen LogP contribution in [0.1, 0.15) is 18.9 Å². The van der Waals surface area contributed by atoms with Crippen LogP contribution < -0.4 is 10.1 Å². The lowest BCUT2D eigenvalue weighted by Gasteiger charge is -2.06. The molecule has 0 unspecified atom stereocenters. The van der Waals surface area contributed by atoms with Crippen LogP contribution in [0.3, 0.4) is 0 Å². The summed E-state index contributed by atoms with van der Waals surface area (Å²) in [6, 6.07) is 7.63. The number of hydrogen-bond acceptors (Lipinski definition) is 3. The van der Waals surface area contributed by atoms with Gasteiger partial charge in [0.1, 0.15) is 5.75 Å². The minimum Gasteiger partial charge on any atom is -0.493 e. The number of methoxy groups -OCH3 is 1. The van der Waals surface area contributed by atoms with Crippen LogP contribution in [0, 0.1) is 0 Å². The molecule has 0 fully saturated rings. The summed E-state index contributed by atoms with van der Waals surface area (Å²) in [6.07, 6.45) is 4.09. The molecule has 19 heavy (non-hydrogen) atoms. The van der Waals surface area contributed by atoms with Gasteiger partial charge in [-0.3, -0.25) is 4.79 Å². The Bertz CT molecular complexity index is 416. The fourth-order valence-electron chi connectivity index (χ4n) is 1.56. The average molecular weight is 263 g/mol. The minimum absolute atomic E-state index is 0.109. The number of rotatable bonds is 8. The molecule has 0 aliphatic heterocycles. The van der Waals surface area contributed by atoms with Crippen molar-refractivity contribution in [1.82, 2.24) is 5.32 Å². The smallest absolute Gasteiger partial charge is 0.244 e. The number of ether oxygens (including phenoxy) is 2. The van der Waals surface area contributed by atoms with Gasteiger partial charge in [-0.05, 0) is 25.5 Å². The second-order valence-corrected chi connectivity index (χ2v) is 3.94. The van der Waals surface area contributed by atoms with E-state index in [1.54, 1.807) is 13.2 Å². The normalized spacial score (nSPS) is 10.6. The van der Waals surface area contributed by atoms with Gasteiger partial charge in [0.05, 0.1) is 6.61 Å². The first-order chi connectivity index (χ1) is 9.27. The number of nitrogens with one attached hydrogen (secondary N) is 1. The highest BCUT2D eigenvalue weighted by atomic mass is 16.5. The summed E-state index contributed by atoms with van der Waals surface area (Å²) < 4.78 is 10.4. The van der Waals surface area contributed by atoms with Crippen molar-refractivity contribution in [3.8, 4) is 5.75 Å². The SMILES string of the molecule is CCOc1ccccc1/C=C/C(=O)NCCCOC. The Morgan fingerprint density at radius 2 is 2.16 bits per heavy atom. The first-order valence-corrected chi connectivity index (χ1v) is 6.44. The Kier molecular flexibility index (Phi) is 7.35. The number of amides is 1. The van der Waals surface area contributed by atoms with Gasteiger partial charge in [0, 0.05) is 31.9 Å². The highest BCUT2D eigenvalue weighted by molar-refractivity contribution is 5.92. The Morgan fingerprint density at radius 1 is 1.37 bits per heavy atom. The largest absolute Gasteiger partial charge is 0.493 e. The molecule has 4 heteroatoms. The number of para-hydroxylation sites is 1. The molecule has 0 saturated carbocycles. The van der Waals surface area contributed by atoms with Crippen LogP contribution in [0.15, 0.2) is 30.3 Å². The summed E-state index contributed by atoms with van der Waals surface area (Å²) >= 11 is 0. The van der Waals surface area contributed by atoms with Crippen molar-refractivity contribution in [2.45, 2.75) is 13.3 Å². The van der Waals surface area contributed by atoms with E-state index in [1.807, 2.05) is 31.2 Å². The molecule has 0 aromatic heterocycles. The maximum atomic E-state index is 11.6. The van der Waals surface area contributed by atoms with Gasteiger partial charge in [-0.15, -0.1) is 0 Å². The molecular weight excluding hydrogens is 242 g/mol. The average Bonchev–Trinajstić information content (AvgIpc) is 2.43. The molecule has 0 heterocycles. The highest BCUT2D eigenvalue weighted by Crippen LogP contribution is 2.19. The number of carbonyl (C=O) groups excluding carboxylic acids is 1. The molecule has 0 atom stereocenters. The van der Waals surface area contributed by atoms with Gasteiger partial charge in [-0.25, -0.2) is 0 Å². The van der Waals surface area contributed by atoms with Crippen molar-refractivity contribution in [3.63, 3.8) is 0 Å². The van der Waals surface area contributed by atoms with Crippen LogP contribution in [0.5, 0.6) is 5.75 Å². The van der Waals surface area contributed by atoms with Gasteiger partial charge in [0.25, 0.3) is 0 Å². The molecule has 0 bridgehead atoms. The van der Waals surface area contributed by atoms with E-state index in [0.29, 0.717) is 19.8 Å². The molecule has 1 aromatic rings. The van der Waals surface area contributed by atoms with Crippen LogP contribution in [0.4, 0.5) is 0 Å². The van der Waals surface area contributed by atoms with Crippen LogP contribution in [0.2, 0.25) is 0 Å². The maximum absolute atomic E-state index is 11.6. The van der Waals surface area contributed by atoms with Crippen molar-refractivity contribution in [2.75, 3.05) is 26.9 Å². The van der Waals surface area contributed by atoms with E-state index >= 15 is 0 Å². The quantitative estimate of drug-likeness (QED) is 0.578. The van der Waals surface area contributed by atoms with Crippen molar-refractivity contribution in [1.29, 1.82) is 0 Å². The molecule has 1 rings (SSSR count). The topological polar surface area (TPSA) is 47.6 Å². The van der Waals surface area contributed by atoms with Crippen LogP contribution in [0.25, 0.3) is 6.08 Å². The number of carbonyl (C=O) groups is 1. The first-order valence-electron chi connectivity index (χ1n) is 6.44. The molecule has 104 valence electrons. The molecule has 1 N–H and O–H groups in total. The van der Waals surface area contributed by atoms with Gasteiger partial charge in [0.2, 0.25) is 5.91 Å². The molecule has 1 aromatic carbocycles. The number of hydrogen-bond donors (Lipinski definition) is 1.